The maximum Gasteiger partial charge on any atom is 0.231 e. The van der Waals surface area contributed by atoms with E-state index in [1.54, 1.807) is 6.07 Å². The lowest BCUT2D eigenvalue weighted by molar-refractivity contribution is 0.174. The first kappa shape index (κ1) is 14.0. The van der Waals surface area contributed by atoms with E-state index in [0.29, 0.717) is 24.1 Å². The van der Waals surface area contributed by atoms with E-state index in [0.717, 1.165) is 18.5 Å². The molecule has 0 bridgehead atoms. The third-order valence-electron chi connectivity index (χ3n) is 3.22. The summed E-state index contributed by atoms with van der Waals surface area (Å²) in [4.78, 5) is 2.16. The van der Waals surface area contributed by atoms with Gasteiger partial charge in [-0.3, -0.25) is 0 Å². The average molecular weight is 266 g/mol. The van der Waals surface area contributed by atoms with Crippen LogP contribution in [0.3, 0.4) is 0 Å². The summed E-state index contributed by atoms with van der Waals surface area (Å²) in [5.74, 6) is 1.56. The molecule has 1 unspecified atom stereocenters. The van der Waals surface area contributed by atoms with E-state index < -0.39 is 0 Å². The highest BCUT2D eigenvalue weighted by atomic mass is 16.7. The highest BCUT2D eigenvalue weighted by molar-refractivity contribution is 5.51. The minimum Gasteiger partial charge on any atom is -0.507 e. The highest BCUT2D eigenvalue weighted by Gasteiger charge is 2.17. The summed E-state index contributed by atoms with van der Waals surface area (Å²) < 4.78 is 10.5. The number of phenolic OH excluding ortho intramolecular Hbond substituents is 1. The highest BCUT2D eigenvalue weighted by Crippen LogP contribution is 2.37. The molecule has 0 aliphatic carbocycles. The molecule has 1 atom stereocenters. The largest absolute Gasteiger partial charge is 0.507 e. The number of phenols is 1. The molecule has 0 radical (unpaired) electrons. The Bertz CT molecular complexity index is 435. The van der Waals surface area contributed by atoms with Crippen molar-refractivity contribution in [3.05, 3.63) is 17.7 Å². The van der Waals surface area contributed by atoms with Crippen LogP contribution in [0.1, 0.15) is 18.9 Å². The van der Waals surface area contributed by atoms with Crippen molar-refractivity contribution in [2.24, 2.45) is 0 Å². The second-order valence-corrected chi connectivity index (χ2v) is 5.21. The van der Waals surface area contributed by atoms with Crippen molar-refractivity contribution in [2.45, 2.75) is 25.9 Å². The Morgan fingerprint density at radius 3 is 2.68 bits per heavy atom. The zero-order valence-corrected chi connectivity index (χ0v) is 11.8. The normalized spacial score (nSPS) is 14.9. The van der Waals surface area contributed by atoms with Gasteiger partial charge in [-0.1, -0.05) is 0 Å². The van der Waals surface area contributed by atoms with E-state index in [9.17, 15) is 5.11 Å². The molecule has 1 aromatic rings. The van der Waals surface area contributed by atoms with Gasteiger partial charge in [-0.2, -0.15) is 0 Å². The van der Waals surface area contributed by atoms with Gasteiger partial charge in [-0.15, -0.1) is 0 Å². The van der Waals surface area contributed by atoms with Gasteiger partial charge in [0.2, 0.25) is 6.79 Å². The molecule has 1 aliphatic heterocycles. The van der Waals surface area contributed by atoms with Gasteiger partial charge in [0.15, 0.2) is 11.5 Å². The van der Waals surface area contributed by atoms with E-state index in [2.05, 4.69) is 31.2 Å². The quantitative estimate of drug-likeness (QED) is 0.818. The summed E-state index contributed by atoms with van der Waals surface area (Å²) in [5, 5.41) is 13.3. The Morgan fingerprint density at radius 1 is 1.32 bits per heavy atom. The first-order chi connectivity index (χ1) is 9.06. The molecule has 5 nitrogen and oxygen atoms in total. The second kappa shape index (κ2) is 6.12. The number of nitrogens with zero attached hydrogens (tertiary/aromatic N) is 1. The van der Waals surface area contributed by atoms with Gasteiger partial charge in [0.05, 0.1) is 0 Å². The van der Waals surface area contributed by atoms with Crippen LogP contribution in [0.4, 0.5) is 0 Å². The summed E-state index contributed by atoms with van der Waals surface area (Å²) in [6.07, 6.45) is 1.07. The van der Waals surface area contributed by atoms with Gasteiger partial charge in [-0.05, 0) is 40.1 Å². The zero-order chi connectivity index (χ0) is 13.8. The number of fused-ring (bicyclic) bond motifs is 1. The van der Waals surface area contributed by atoms with E-state index >= 15 is 0 Å². The molecule has 5 heteroatoms. The van der Waals surface area contributed by atoms with Crippen LogP contribution in [0.25, 0.3) is 0 Å². The molecule has 0 amide bonds. The van der Waals surface area contributed by atoms with Crippen LogP contribution < -0.4 is 14.8 Å². The van der Waals surface area contributed by atoms with Crippen molar-refractivity contribution in [2.75, 3.05) is 27.4 Å². The fourth-order valence-electron chi connectivity index (χ4n) is 1.95. The summed E-state index contributed by atoms with van der Waals surface area (Å²) in [6.45, 7) is 4.04. The Morgan fingerprint density at radius 2 is 2.00 bits per heavy atom. The van der Waals surface area contributed by atoms with Crippen LogP contribution in [0.15, 0.2) is 12.1 Å². The molecule has 0 saturated heterocycles. The molecule has 0 aromatic heterocycles. The van der Waals surface area contributed by atoms with Gasteiger partial charge in [0.1, 0.15) is 5.75 Å². The Labute approximate surface area is 114 Å². The summed E-state index contributed by atoms with van der Waals surface area (Å²) in [7, 11) is 4.13. The lowest BCUT2D eigenvalue weighted by atomic mass is 10.1. The second-order valence-electron chi connectivity index (χ2n) is 5.21. The predicted molar refractivity (Wildman–Crippen MR) is 73.7 cm³/mol. The molecule has 1 aromatic carbocycles. The molecular formula is C14H22N2O3. The van der Waals surface area contributed by atoms with E-state index in [-0.39, 0.29) is 12.5 Å². The van der Waals surface area contributed by atoms with Gasteiger partial charge in [-0.25, -0.2) is 0 Å². The van der Waals surface area contributed by atoms with Gasteiger partial charge < -0.3 is 24.8 Å². The summed E-state index contributed by atoms with van der Waals surface area (Å²) in [5.41, 5.74) is 0.834. The number of aromatic hydroxyl groups is 1. The number of hydrogen-bond donors (Lipinski definition) is 2. The summed E-state index contributed by atoms with van der Waals surface area (Å²) in [6, 6.07) is 3.85. The topological polar surface area (TPSA) is 54.0 Å². The lowest BCUT2D eigenvalue weighted by Gasteiger charge is -2.17. The molecule has 19 heavy (non-hydrogen) atoms. The number of rotatable bonds is 6. The standard InChI is InChI=1S/C14H22N2O3/c1-10(4-5-16(2)3)15-8-11-6-13-14(7-12(11)17)19-9-18-13/h6-7,10,15,17H,4-5,8-9H2,1-3H3. The molecule has 0 spiro atoms. The lowest BCUT2D eigenvalue weighted by Crippen LogP contribution is -2.29. The molecule has 0 saturated carbocycles. The fraction of sp³-hybridized carbons (Fsp3) is 0.571. The van der Waals surface area contributed by atoms with E-state index in [4.69, 9.17) is 9.47 Å². The zero-order valence-electron chi connectivity index (χ0n) is 11.8. The monoisotopic (exact) mass is 266 g/mol. The molecule has 0 fully saturated rings. The third-order valence-corrected chi connectivity index (χ3v) is 3.22. The maximum absolute atomic E-state index is 9.92. The predicted octanol–water partition coefficient (Wildman–Crippen LogP) is 1.55. The van der Waals surface area contributed by atoms with Gasteiger partial charge >= 0.3 is 0 Å². The molecule has 1 heterocycles. The molecule has 2 rings (SSSR count). The van der Waals surface area contributed by atoms with Crippen LogP contribution in [-0.4, -0.2) is 43.5 Å². The minimum absolute atomic E-state index is 0.227. The Balaban J connectivity index is 1.89. The van der Waals surface area contributed by atoms with Crippen LogP contribution in [0.2, 0.25) is 0 Å². The van der Waals surface area contributed by atoms with Crippen molar-refractivity contribution in [1.82, 2.24) is 10.2 Å². The first-order valence-corrected chi connectivity index (χ1v) is 6.56. The molecular weight excluding hydrogens is 244 g/mol. The fourth-order valence-corrected chi connectivity index (χ4v) is 1.95. The number of hydrogen-bond acceptors (Lipinski definition) is 5. The molecule has 2 N–H and O–H groups in total. The van der Waals surface area contributed by atoms with E-state index in [1.165, 1.54) is 0 Å². The van der Waals surface area contributed by atoms with Gasteiger partial charge in [0.25, 0.3) is 0 Å². The van der Waals surface area contributed by atoms with Crippen molar-refractivity contribution >= 4 is 0 Å². The minimum atomic E-state index is 0.227. The third kappa shape index (κ3) is 3.75. The van der Waals surface area contributed by atoms with Crippen molar-refractivity contribution in [3.8, 4) is 17.2 Å². The Hall–Kier alpha value is -1.46. The Kier molecular flexibility index (Phi) is 4.50. The maximum atomic E-state index is 9.92. The van der Waals surface area contributed by atoms with Crippen molar-refractivity contribution < 1.29 is 14.6 Å². The van der Waals surface area contributed by atoms with E-state index in [1.807, 2.05) is 6.07 Å². The number of nitrogens with one attached hydrogen (secondary N) is 1. The average Bonchev–Trinajstić information content (AvgIpc) is 2.80. The van der Waals surface area contributed by atoms with Crippen LogP contribution in [0, 0.1) is 0 Å². The van der Waals surface area contributed by atoms with Gasteiger partial charge in [0, 0.05) is 24.2 Å². The van der Waals surface area contributed by atoms with Crippen molar-refractivity contribution in [3.63, 3.8) is 0 Å². The summed E-state index contributed by atoms with van der Waals surface area (Å²) >= 11 is 0. The van der Waals surface area contributed by atoms with Crippen LogP contribution >= 0.6 is 0 Å². The number of benzene rings is 1. The number of ether oxygens (including phenoxy) is 2. The molecule has 106 valence electrons. The first-order valence-electron chi connectivity index (χ1n) is 6.56. The van der Waals surface area contributed by atoms with Crippen molar-refractivity contribution in [1.29, 1.82) is 0 Å². The molecule has 1 aliphatic rings. The van der Waals surface area contributed by atoms with Crippen LogP contribution in [0.5, 0.6) is 17.2 Å². The van der Waals surface area contributed by atoms with Crippen LogP contribution in [-0.2, 0) is 6.54 Å². The smallest absolute Gasteiger partial charge is 0.231 e. The SMILES string of the molecule is CC(CCN(C)C)NCc1cc2c(cc1O)OCO2.